The highest BCUT2D eigenvalue weighted by atomic mass is 19.1. The minimum Gasteiger partial charge on any atom is -0.471 e. The van der Waals surface area contributed by atoms with Crippen LogP contribution in [-0.2, 0) is 9.53 Å². The van der Waals surface area contributed by atoms with Crippen LogP contribution in [0.2, 0.25) is 0 Å². The van der Waals surface area contributed by atoms with E-state index < -0.39 is 5.82 Å². The zero-order chi connectivity index (χ0) is 28.3. The van der Waals surface area contributed by atoms with E-state index in [1.165, 1.54) is 12.7 Å². The molecule has 1 spiro atoms. The quantitative estimate of drug-likeness (QED) is 0.462. The van der Waals surface area contributed by atoms with Gasteiger partial charge in [0.15, 0.2) is 5.82 Å². The zero-order valence-corrected chi connectivity index (χ0v) is 23.7. The topological polar surface area (TPSA) is 107 Å². The number of rotatable bonds is 7. The summed E-state index contributed by atoms with van der Waals surface area (Å²) in [5, 5.41) is 7.27. The molecular formula is C30H34FN7O3. The van der Waals surface area contributed by atoms with E-state index in [-0.39, 0.29) is 64.0 Å². The second-order valence-electron chi connectivity index (χ2n) is 13.4. The number of hydrogen-bond acceptors (Lipinski definition) is 8. The number of amides is 1. The van der Waals surface area contributed by atoms with E-state index >= 15 is 4.39 Å². The van der Waals surface area contributed by atoms with Crippen LogP contribution in [0.4, 0.5) is 15.9 Å². The molecule has 1 aromatic carbocycles. The molecule has 10 nitrogen and oxygen atoms in total. The van der Waals surface area contributed by atoms with Gasteiger partial charge in [0.2, 0.25) is 11.7 Å². The fraction of sp³-hybridized carbons (Fsp3) is 0.567. The van der Waals surface area contributed by atoms with Crippen LogP contribution in [0.1, 0.15) is 45.6 Å². The number of aryl methyl sites for hydroxylation is 1. The molecular weight excluding hydrogens is 525 g/mol. The fourth-order valence-electron chi connectivity index (χ4n) is 8.37. The normalized spacial score (nSPS) is 35.2. The first-order chi connectivity index (χ1) is 19.6. The molecule has 1 N–H and O–H groups in total. The Balaban J connectivity index is 1.04. The summed E-state index contributed by atoms with van der Waals surface area (Å²) in [6.45, 7) is 9.79. The predicted octanol–water partition coefficient (Wildman–Crippen LogP) is 4.07. The number of nitrogens with zero attached hydrogens (tertiary/aromatic N) is 6. The van der Waals surface area contributed by atoms with E-state index in [4.69, 9.17) is 9.47 Å². The standard InChI is InChI=1S/C30H34FN7O3/c1-16-9-18(38-15-32-13-35-38)5-6-20(16)36-25-22(31)26(34-14-33-25)41-23-19-11-37(21(39)10-28(3)7-8-28)12-30(19)24(23)29(4)17(2)40-27(29)30/h5-6,9,13-15,17,19,23-24,27H,7-8,10-12H2,1-4H3,(H,33,34,36). The minimum atomic E-state index is -0.628. The lowest BCUT2D eigenvalue weighted by Crippen LogP contribution is -2.91. The second-order valence-corrected chi connectivity index (χ2v) is 13.4. The van der Waals surface area contributed by atoms with Crippen LogP contribution in [0.5, 0.6) is 5.88 Å². The molecule has 2 aliphatic heterocycles. The van der Waals surface area contributed by atoms with Gasteiger partial charge in [-0.3, -0.25) is 4.79 Å². The Morgan fingerprint density at radius 2 is 2.07 bits per heavy atom. The third kappa shape index (κ3) is 3.35. The number of aromatic nitrogens is 5. The Bertz CT molecular complexity index is 1560. The highest BCUT2D eigenvalue weighted by molar-refractivity contribution is 5.78. The lowest BCUT2D eigenvalue weighted by molar-refractivity contribution is -0.459. The third-order valence-corrected chi connectivity index (χ3v) is 11.0. The molecule has 5 fully saturated rings. The maximum atomic E-state index is 15.8. The molecule has 214 valence electrons. The largest absolute Gasteiger partial charge is 0.471 e. The number of halogens is 1. The van der Waals surface area contributed by atoms with E-state index in [1.807, 2.05) is 30.0 Å². The molecule has 2 aromatic heterocycles. The van der Waals surface area contributed by atoms with E-state index in [0.29, 0.717) is 25.2 Å². The van der Waals surface area contributed by atoms with Gasteiger partial charge in [-0.15, -0.1) is 0 Å². The van der Waals surface area contributed by atoms with Crippen LogP contribution < -0.4 is 10.1 Å². The summed E-state index contributed by atoms with van der Waals surface area (Å²) < 4.78 is 30.2. The second kappa shape index (κ2) is 8.24. The molecule has 7 unspecified atom stereocenters. The zero-order valence-electron chi connectivity index (χ0n) is 23.7. The monoisotopic (exact) mass is 559 g/mol. The van der Waals surface area contributed by atoms with Crippen molar-refractivity contribution in [1.29, 1.82) is 0 Å². The van der Waals surface area contributed by atoms with Crippen LogP contribution in [0.15, 0.2) is 37.2 Å². The van der Waals surface area contributed by atoms with Crippen LogP contribution in [0.25, 0.3) is 5.69 Å². The molecule has 7 atom stereocenters. The van der Waals surface area contributed by atoms with Crippen molar-refractivity contribution >= 4 is 17.4 Å². The Kier molecular flexibility index (Phi) is 5.05. The van der Waals surface area contributed by atoms with Gasteiger partial charge in [-0.05, 0) is 55.9 Å². The van der Waals surface area contributed by atoms with Crippen molar-refractivity contribution in [1.82, 2.24) is 29.6 Å². The Morgan fingerprint density at radius 3 is 2.78 bits per heavy atom. The SMILES string of the molecule is Cc1cc(-n2cncn2)ccc1Nc1ncnc(OC2C3CN(C(=O)CC4(C)CC4)CC34C3OC(C)C3(C)C24)c1F. The minimum absolute atomic E-state index is 0.0454. The number of benzene rings is 1. The molecule has 5 aliphatic rings. The van der Waals surface area contributed by atoms with Gasteiger partial charge in [-0.2, -0.15) is 14.5 Å². The number of anilines is 2. The van der Waals surface area contributed by atoms with Crippen molar-refractivity contribution in [3.63, 3.8) is 0 Å². The van der Waals surface area contributed by atoms with Crippen LogP contribution in [0, 0.1) is 40.8 Å². The number of hydrogen-bond donors (Lipinski definition) is 1. The van der Waals surface area contributed by atoms with Crippen molar-refractivity contribution in [3.05, 3.63) is 48.6 Å². The summed E-state index contributed by atoms with van der Waals surface area (Å²) in [5.74, 6) is -0.149. The highest BCUT2D eigenvalue weighted by Crippen LogP contribution is 2.81. The number of ether oxygens (including phenoxy) is 2. The van der Waals surface area contributed by atoms with Gasteiger partial charge in [0.25, 0.3) is 5.88 Å². The molecule has 4 heterocycles. The number of likely N-dealkylation sites (tertiary alicyclic amines) is 1. The lowest BCUT2D eigenvalue weighted by Gasteiger charge is -2.83. The smallest absolute Gasteiger partial charge is 0.256 e. The first-order valence-electron chi connectivity index (χ1n) is 14.5. The van der Waals surface area contributed by atoms with Crippen LogP contribution >= 0.6 is 0 Å². The number of carbonyl (C=O) groups is 1. The molecule has 3 aromatic rings. The molecule has 3 aliphatic carbocycles. The molecule has 0 bridgehead atoms. The number of carbonyl (C=O) groups excluding carboxylic acids is 1. The van der Waals surface area contributed by atoms with Crippen molar-refractivity contribution in [2.75, 3.05) is 18.4 Å². The van der Waals surface area contributed by atoms with Crippen LogP contribution in [-0.4, -0.2) is 66.9 Å². The first-order valence-corrected chi connectivity index (χ1v) is 14.5. The van der Waals surface area contributed by atoms with E-state index in [1.54, 1.807) is 11.0 Å². The summed E-state index contributed by atoms with van der Waals surface area (Å²) in [7, 11) is 0. The Morgan fingerprint density at radius 1 is 1.24 bits per heavy atom. The highest BCUT2D eigenvalue weighted by Gasteiger charge is 2.89. The summed E-state index contributed by atoms with van der Waals surface area (Å²) in [6, 6.07) is 5.67. The summed E-state index contributed by atoms with van der Waals surface area (Å²) in [5.41, 5.74) is 2.46. The van der Waals surface area contributed by atoms with Gasteiger partial charge in [-0.25, -0.2) is 14.6 Å². The van der Waals surface area contributed by atoms with Gasteiger partial charge in [-0.1, -0.05) is 13.8 Å². The molecule has 41 heavy (non-hydrogen) atoms. The van der Waals surface area contributed by atoms with Gasteiger partial charge >= 0.3 is 0 Å². The van der Waals surface area contributed by atoms with Crippen LogP contribution in [0.3, 0.4) is 0 Å². The van der Waals surface area contributed by atoms with Gasteiger partial charge in [0.1, 0.15) is 25.1 Å². The molecule has 11 heteroatoms. The molecule has 0 radical (unpaired) electrons. The summed E-state index contributed by atoms with van der Waals surface area (Å²) in [6.07, 6.45) is 7.23. The number of fused-ring (bicyclic) bond motifs is 2. The maximum Gasteiger partial charge on any atom is 0.256 e. The first kappa shape index (κ1) is 25.1. The van der Waals surface area contributed by atoms with Crippen molar-refractivity contribution in [2.24, 2.45) is 28.1 Å². The number of nitrogens with one attached hydrogen (secondary N) is 1. The van der Waals surface area contributed by atoms with E-state index in [2.05, 4.69) is 46.1 Å². The average Bonchev–Trinajstić information content (AvgIpc) is 3.31. The van der Waals surface area contributed by atoms with Crippen molar-refractivity contribution < 1.29 is 18.7 Å². The van der Waals surface area contributed by atoms with E-state index in [9.17, 15) is 4.79 Å². The lowest BCUT2D eigenvalue weighted by atomic mass is 9.28. The predicted molar refractivity (Wildman–Crippen MR) is 146 cm³/mol. The molecule has 3 saturated carbocycles. The summed E-state index contributed by atoms with van der Waals surface area (Å²) in [4.78, 5) is 27.6. The van der Waals surface area contributed by atoms with Gasteiger partial charge in [0.05, 0.1) is 17.9 Å². The Hall–Kier alpha value is -3.60. The van der Waals surface area contributed by atoms with Crippen molar-refractivity contribution in [2.45, 2.75) is 65.3 Å². The fourth-order valence-corrected chi connectivity index (χ4v) is 8.37. The van der Waals surface area contributed by atoms with E-state index in [0.717, 1.165) is 24.1 Å². The molecule has 8 rings (SSSR count). The van der Waals surface area contributed by atoms with Crippen molar-refractivity contribution in [3.8, 4) is 11.6 Å². The maximum absolute atomic E-state index is 15.8. The van der Waals surface area contributed by atoms with Gasteiger partial charge in [0, 0.05) is 47.9 Å². The molecule has 1 amide bonds. The third-order valence-electron chi connectivity index (χ3n) is 11.0. The summed E-state index contributed by atoms with van der Waals surface area (Å²) >= 11 is 0. The van der Waals surface area contributed by atoms with Gasteiger partial charge < -0.3 is 19.7 Å². The average molecular weight is 560 g/mol. The Labute approximate surface area is 237 Å². The molecule has 2 saturated heterocycles.